The number of ketones is 1. The quantitative estimate of drug-likeness (QED) is 0.709. The number of methoxy groups -OCH3 is 1. The molecule has 1 heterocycles. The summed E-state index contributed by atoms with van der Waals surface area (Å²) in [6.07, 6.45) is 0. The summed E-state index contributed by atoms with van der Waals surface area (Å²) in [6, 6.07) is 4.63. The molecular formula is C10H11NO3. The molecule has 1 aromatic carbocycles. The molecule has 1 aliphatic heterocycles. The van der Waals surface area contributed by atoms with E-state index in [1.54, 1.807) is 18.2 Å². The third kappa shape index (κ3) is 1.24. The van der Waals surface area contributed by atoms with Crippen LogP contribution in [0.1, 0.15) is 10.4 Å². The molecule has 2 rings (SSSR count). The summed E-state index contributed by atoms with van der Waals surface area (Å²) in [4.78, 5) is 11.6. The normalized spacial score (nSPS) is 19.9. The summed E-state index contributed by atoms with van der Waals surface area (Å²) in [6.45, 7) is 0.214. The van der Waals surface area contributed by atoms with Crippen LogP contribution in [-0.2, 0) is 0 Å². The van der Waals surface area contributed by atoms with E-state index in [-0.39, 0.29) is 12.4 Å². The molecule has 0 spiro atoms. The number of nitrogens with two attached hydrogens (primary N) is 1. The van der Waals surface area contributed by atoms with E-state index >= 15 is 0 Å². The average Bonchev–Trinajstić information content (AvgIpc) is 2.23. The van der Waals surface area contributed by atoms with Gasteiger partial charge in [-0.25, -0.2) is 0 Å². The molecule has 0 saturated carbocycles. The molecule has 14 heavy (non-hydrogen) atoms. The molecule has 4 nitrogen and oxygen atoms in total. The fourth-order valence-electron chi connectivity index (χ4n) is 1.47. The Morgan fingerprint density at radius 1 is 1.57 bits per heavy atom. The number of hydrogen-bond acceptors (Lipinski definition) is 4. The van der Waals surface area contributed by atoms with Gasteiger partial charge in [-0.2, -0.15) is 0 Å². The molecule has 4 heteroatoms. The third-order valence-electron chi connectivity index (χ3n) is 2.21. The molecule has 1 aromatic rings. The molecule has 0 radical (unpaired) electrons. The van der Waals surface area contributed by atoms with Crippen molar-refractivity contribution in [3.8, 4) is 11.5 Å². The molecule has 1 atom stereocenters. The number of ether oxygens (including phenoxy) is 2. The van der Waals surface area contributed by atoms with Gasteiger partial charge < -0.3 is 15.2 Å². The second-order valence-corrected chi connectivity index (χ2v) is 3.12. The van der Waals surface area contributed by atoms with Crippen molar-refractivity contribution in [1.29, 1.82) is 0 Å². The zero-order valence-electron chi connectivity index (χ0n) is 7.82. The molecular weight excluding hydrogens is 182 g/mol. The molecule has 2 N–H and O–H groups in total. The van der Waals surface area contributed by atoms with E-state index in [0.29, 0.717) is 17.1 Å². The number of benzene rings is 1. The standard InChI is InChI=1S/C10H11NO3/c1-13-8-4-2-3-6-9(12)7(11)5-14-10(6)8/h2-4,7H,5,11H2,1H3/t7-/m0/s1. The minimum atomic E-state index is -0.561. The summed E-state index contributed by atoms with van der Waals surface area (Å²) < 4.78 is 10.4. The molecule has 0 saturated heterocycles. The topological polar surface area (TPSA) is 61.6 Å². The maximum absolute atomic E-state index is 11.6. The van der Waals surface area contributed by atoms with Gasteiger partial charge in [0.2, 0.25) is 0 Å². The van der Waals surface area contributed by atoms with E-state index in [9.17, 15) is 4.79 Å². The van der Waals surface area contributed by atoms with Crippen LogP contribution in [-0.4, -0.2) is 25.5 Å². The van der Waals surface area contributed by atoms with Crippen LogP contribution in [0, 0.1) is 0 Å². The zero-order valence-corrected chi connectivity index (χ0v) is 7.82. The van der Waals surface area contributed by atoms with Crippen molar-refractivity contribution in [3.05, 3.63) is 23.8 Å². The highest BCUT2D eigenvalue weighted by Crippen LogP contribution is 2.33. The Hall–Kier alpha value is -1.55. The molecule has 0 aromatic heterocycles. The molecule has 74 valence electrons. The Kier molecular flexibility index (Phi) is 2.13. The highest BCUT2D eigenvalue weighted by atomic mass is 16.5. The number of rotatable bonds is 1. The van der Waals surface area contributed by atoms with Crippen molar-refractivity contribution in [3.63, 3.8) is 0 Å². The van der Waals surface area contributed by atoms with Gasteiger partial charge in [0.05, 0.1) is 12.7 Å². The Bertz CT molecular complexity index is 376. The van der Waals surface area contributed by atoms with Crippen molar-refractivity contribution in [2.75, 3.05) is 13.7 Å². The van der Waals surface area contributed by atoms with Crippen LogP contribution in [0.3, 0.4) is 0 Å². The lowest BCUT2D eigenvalue weighted by atomic mass is 10.0. The molecule has 0 bridgehead atoms. The van der Waals surface area contributed by atoms with Crippen LogP contribution in [0.15, 0.2) is 18.2 Å². The predicted octanol–water partition coefficient (Wildman–Crippen LogP) is 0.598. The lowest BCUT2D eigenvalue weighted by molar-refractivity contribution is 0.0896. The van der Waals surface area contributed by atoms with E-state index in [1.807, 2.05) is 0 Å². The average molecular weight is 193 g/mol. The summed E-state index contributed by atoms with van der Waals surface area (Å²) >= 11 is 0. The first-order chi connectivity index (χ1) is 6.74. The fourth-order valence-corrected chi connectivity index (χ4v) is 1.47. The van der Waals surface area contributed by atoms with E-state index in [0.717, 1.165) is 0 Å². The highest BCUT2D eigenvalue weighted by molar-refractivity contribution is 6.04. The Balaban J connectivity index is 2.52. The van der Waals surface area contributed by atoms with Crippen molar-refractivity contribution in [2.24, 2.45) is 5.73 Å². The zero-order chi connectivity index (χ0) is 10.1. The summed E-state index contributed by atoms with van der Waals surface area (Å²) in [5, 5.41) is 0. The van der Waals surface area contributed by atoms with Gasteiger partial charge in [0, 0.05) is 0 Å². The van der Waals surface area contributed by atoms with Crippen LogP contribution in [0.25, 0.3) is 0 Å². The van der Waals surface area contributed by atoms with Gasteiger partial charge in [0.1, 0.15) is 12.6 Å². The van der Waals surface area contributed by atoms with E-state index < -0.39 is 6.04 Å². The monoisotopic (exact) mass is 193 g/mol. The summed E-state index contributed by atoms with van der Waals surface area (Å²) in [5.74, 6) is 0.981. The summed E-state index contributed by atoms with van der Waals surface area (Å²) in [5.41, 5.74) is 6.07. The molecule has 1 aliphatic rings. The lowest BCUT2D eigenvalue weighted by Gasteiger charge is -2.22. The van der Waals surface area contributed by atoms with Crippen LogP contribution >= 0.6 is 0 Å². The van der Waals surface area contributed by atoms with Gasteiger partial charge in [0.25, 0.3) is 0 Å². The Labute approximate surface area is 81.6 Å². The van der Waals surface area contributed by atoms with Crippen LogP contribution in [0.4, 0.5) is 0 Å². The van der Waals surface area contributed by atoms with Crippen molar-refractivity contribution >= 4 is 5.78 Å². The van der Waals surface area contributed by atoms with Gasteiger partial charge in [-0.05, 0) is 12.1 Å². The first-order valence-corrected chi connectivity index (χ1v) is 4.33. The maximum Gasteiger partial charge on any atom is 0.186 e. The minimum absolute atomic E-state index is 0.0925. The van der Waals surface area contributed by atoms with Gasteiger partial charge in [-0.3, -0.25) is 4.79 Å². The van der Waals surface area contributed by atoms with E-state index in [1.165, 1.54) is 7.11 Å². The Morgan fingerprint density at radius 2 is 2.36 bits per heavy atom. The number of fused-ring (bicyclic) bond motifs is 1. The SMILES string of the molecule is COc1cccc2c1OC[C@H](N)C2=O. The number of carbonyl (C=O) groups excluding carboxylic acids is 1. The van der Waals surface area contributed by atoms with Gasteiger partial charge >= 0.3 is 0 Å². The predicted molar refractivity (Wildman–Crippen MR) is 50.8 cm³/mol. The molecule has 0 amide bonds. The smallest absolute Gasteiger partial charge is 0.186 e. The number of para-hydroxylation sites is 1. The molecule has 0 fully saturated rings. The first-order valence-electron chi connectivity index (χ1n) is 4.33. The van der Waals surface area contributed by atoms with Crippen LogP contribution in [0.2, 0.25) is 0 Å². The maximum atomic E-state index is 11.6. The van der Waals surface area contributed by atoms with Crippen molar-refractivity contribution < 1.29 is 14.3 Å². The largest absolute Gasteiger partial charge is 0.493 e. The van der Waals surface area contributed by atoms with Crippen molar-refractivity contribution in [1.82, 2.24) is 0 Å². The third-order valence-corrected chi connectivity index (χ3v) is 2.21. The first kappa shape index (κ1) is 9.02. The summed E-state index contributed by atoms with van der Waals surface area (Å²) in [7, 11) is 1.54. The highest BCUT2D eigenvalue weighted by Gasteiger charge is 2.27. The number of hydrogen-bond donors (Lipinski definition) is 1. The Morgan fingerprint density at radius 3 is 3.07 bits per heavy atom. The number of Topliss-reactive ketones (excluding diaryl/α,β-unsaturated/α-hetero) is 1. The lowest BCUT2D eigenvalue weighted by Crippen LogP contribution is -2.40. The van der Waals surface area contributed by atoms with Gasteiger partial charge in [-0.15, -0.1) is 0 Å². The van der Waals surface area contributed by atoms with E-state index in [4.69, 9.17) is 15.2 Å². The number of carbonyl (C=O) groups is 1. The molecule has 0 aliphatic carbocycles. The van der Waals surface area contributed by atoms with Gasteiger partial charge in [0.15, 0.2) is 17.3 Å². The second-order valence-electron chi connectivity index (χ2n) is 3.12. The van der Waals surface area contributed by atoms with Gasteiger partial charge in [-0.1, -0.05) is 6.07 Å². The van der Waals surface area contributed by atoms with Crippen molar-refractivity contribution in [2.45, 2.75) is 6.04 Å². The van der Waals surface area contributed by atoms with E-state index in [2.05, 4.69) is 0 Å². The van der Waals surface area contributed by atoms with Crippen LogP contribution in [0.5, 0.6) is 11.5 Å². The minimum Gasteiger partial charge on any atom is -0.493 e. The second kappa shape index (κ2) is 3.31. The molecule has 0 unspecified atom stereocenters. The fraction of sp³-hybridized carbons (Fsp3) is 0.300. The van der Waals surface area contributed by atoms with Crippen LogP contribution < -0.4 is 15.2 Å².